The highest BCUT2D eigenvalue weighted by Crippen LogP contribution is 2.33. The number of amides is 2. The van der Waals surface area contributed by atoms with Crippen molar-refractivity contribution >= 4 is 27.5 Å². The van der Waals surface area contributed by atoms with Gasteiger partial charge in [-0.25, -0.2) is 8.42 Å². The highest BCUT2D eigenvalue weighted by Gasteiger charge is 2.34. The number of hydrogen-bond acceptors (Lipinski definition) is 6. The Kier molecular flexibility index (Phi) is 11.2. The van der Waals surface area contributed by atoms with Gasteiger partial charge in [0, 0.05) is 12.6 Å². The number of rotatable bonds is 14. The maximum absolute atomic E-state index is 14.2. The highest BCUT2D eigenvalue weighted by molar-refractivity contribution is 7.92. The molecule has 220 valence electrons. The van der Waals surface area contributed by atoms with E-state index in [9.17, 15) is 18.0 Å². The van der Waals surface area contributed by atoms with E-state index in [0.29, 0.717) is 24.5 Å². The first-order valence-corrected chi connectivity index (χ1v) is 15.1. The van der Waals surface area contributed by atoms with Crippen LogP contribution in [0.5, 0.6) is 11.5 Å². The highest BCUT2D eigenvalue weighted by atomic mass is 32.2. The summed E-state index contributed by atoms with van der Waals surface area (Å²) in [5.41, 5.74) is 0.966. The predicted octanol–water partition coefficient (Wildman–Crippen LogP) is 4.62. The summed E-state index contributed by atoms with van der Waals surface area (Å²) in [4.78, 5) is 28.9. The van der Waals surface area contributed by atoms with Crippen LogP contribution in [-0.2, 0) is 26.2 Å². The molecule has 10 heteroatoms. The fourth-order valence-electron chi connectivity index (χ4n) is 4.44. The molecular formula is C31H39N3O6S. The van der Waals surface area contributed by atoms with E-state index in [1.54, 1.807) is 74.7 Å². The number of hydrogen-bond donors (Lipinski definition) is 1. The normalized spacial score (nSPS) is 12.0. The van der Waals surface area contributed by atoms with E-state index in [0.717, 1.165) is 9.87 Å². The zero-order chi connectivity index (χ0) is 30.0. The largest absolute Gasteiger partial charge is 0.497 e. The molecule has 0 unspecified atom stereocenters. The van der Waals surface area contributed by atoms with Gasteiger partial charge in [-0.05, 0) is 69.2 Å². The third-order valence-electron chi connectivity index (χ3n) is 6.35. The summed E-state index contributed by atoms with van der Waals surface area (Å²) in [5, 5.41) is 2.90. The summed E-state index contributed by atoms with van der Waals surface area (Å²) in [6.07, 6.45) is 0.329. The Hall–Kier alpha value is -4.05. The molecule has 0 heterocycles. The predicted molar refractivity (Wildman–Crippen MR) is 159 cm³/mol. The van der Waals surface area contributed by atoms with E-state index in [4.69, 9.17) is 9.47 Å². The van der Waals surface area contributed by atoms with Crippen molar-refractivity contribution in [1.82, 2.24) is 10.2 Å². The zero-order valence-corrected chi connectivity index (χ0v) is 25.1. The summed E-state index contributed by atoms with van der Waals surface area (Å²) < 4.78 is 40.2. The summed E-state index contributed by atoms with van der Waals surface area (Å²) in [5.74, 6) is 0.0788. The van der Waals surface area contributed by atoms with E-state index < -0.39 is 28.5 Å². The zero-order valence-electron chi connectivity index (χ0n) is 24.2. The second-order valence-electron chi connectivity index (χ2n) is 9.69. The van der Waals surface area contributed by atoms with Gasteiger partial charge in [-0.3, -0.25) is 13.9 Å². The average molecular weight is 582 g/mol. The SMILES string of the molecule is CCOc1ccccc1N(CC(=O)N(Cc1cccc(OC)c1)[C@@H](CC)C(=O)NC(C)C)S(=O)(=O)c1ccccc1. The van der Waals surface area contributed by atoms with Crippen LogP contribution >= 0.6 is 0 Å². The van der Waals surface area contributed by atoms with E-state index in [-0.39, 0.29) is 29.1 Å². The van der Waals surface area contributed by atoms with Crippen LogP contribution in [-0.4, -0.2) is 57.5 Å². The third-order valence-corrected chi connectivity index (χ3v) is 8.12. The standard InChI is InChI=1S/C31H39N3O6S/c1-6-27(31(36)32-23(3)4)33(21-24-14-13-15-25(20-24)39-5)30(35)22-34(28-18-11-12-19-29(28)40-7-2)41(37,38)26-16-9-8-10-17-26/h8-20,23,27H,6-7,21-22H2,1-5H3,(H,32,36)/t27-/m0/s1. The van der Waals surface area contributed by atoms with Gasteiger partial charge in [-0.2, -0.15) is 0 Å². The number of benzene rings is 3. The second-order valence-corrected chi connectivity index (χ2v) is 11.5. The number of nitrogens with one attached hydrogen (secondary N) is 1. The van der Waals surface area contributed by atoms with Crippen molar-refractivity contribution in [3.05, 3.63) is 84.4 Å². The number of sulfonamides is 1. The molecule has 0 aliphatic carbocycles. The van der Waals surface area contributed by atoms with Crippen molar-refractivity contribution in [1.29, 1.82) is 0 Å². The molecule has 0 aromatic heterocycles. The first-order chi connectivity index (χ1) is 19.6. The Bertz CT molecular complexity index is 1410. The second kappa shape index (κ2) is 14.5. The van der Waals surface area contributed by atoms with Crippen molar-refractivity contribution in [2.24, 2.45) is 0 Å². The van der Waals surface area contributed by atoms with Gasteiger partial charge in [0.1, 0.15) is 24.1 Å². The van der Waals surface area contributed by atoms with Crippen LogP contribution in [0.1, 0.15) is 39.7 Å². The molecule has 0 aliphatic rings. The lowest BCUT2D eigenvalue weighted by atomic mass is 10.1. The first kappa shape index (κ1) is 31.5. The van der Waals surface area contributed by atoms with E-state index >= 15 is 0 Å². The van der Waals surface area contributed by atoms with Gasteiger partial charge in [0.2, 0.25) is 11.8 Å². The van der Waals surface area contributed by atoms with Crippen LogP contribution in [0, 0.1) is 0 Å². The number of nitrogens with zero attached hydrogens (tertiary/aromatic N) is 2. The third kappa shape index (κ3) is 8.00. The Balaban J connectivity index is 2.11. The molecule has 41 heavy (non-hydrogen) atoms. The molecule has 0 fully saturated rings. The van der Waals surface area contributed by atoms with Gasteiger partial charge in [-0.15, -0.1) is 0 Å². The van der Waals surface area contributed by atoms with Gasteiger partial charge in [0.15, 0.2) is 0 Å². The number of ether oxygens (including phenoxy) is 2. The molecule has 1 atom stereocenters. The van der Waals surface area contributed by atoms with Crippen molar-refractivity contribution < 1.29 is 27.5 Å². The summed E-state index contributed by atoms with van der Waals surface area (Å²) in [6, 6.07) is 20.9. The Morgan fingerprint density at radius 3 is 2.24 bits per heavy atom. The minimum absolute atomic E-state index is 0.0306. The molecule has 0 radical (unpaired) electrons. The number of para-hydroxylation sites is 2. The van der Waals surface area contributed by atoms with Crippen molar-refractivity contribution in [2.45, 2.75) is 57.6 Å². The fraction of sp³-hybridized carbons (Fsp3) is 0.355. The van der Waals surface area contributed by atoms with Crippen LogP contribution in [0.3, 0.4) is 0 Å². The lowest BCUT2D eigenvalue weighted by Gasteiger charge is -2.34. The maximum atomic E-state index is 14.2. The van der Waals surface area contributed by atoms with Crippen LogP contribution in [0.4, 0.5) is 5.69 Å². The number of carbonyl (C=O) groups excluding carboxylic acids is 2. The summed E-state index contributed by atoms with van der Waals surface area (Å²) in [7, 11) is -2.64. The van der Waals surface area contributed by atoms with Crippen LogP contribution in [0.25, 0.3) is 0 Å². The average Bonchev–Trinajstić information content (AvgIpc) is 2.96. The lowest BCUT2D eigenvalue weighted by Crippen LogP contribution is -2.53. The van der Waals surface area contributed by atoms with Crippen LogP contribution in [0.15, 0.2) is 83.8 Å². The van der Waals surface area contributed by atoms with E-state index in [1.165, 1.54) is 17.0 Å². The minimum atomic E-state index is -4.19. The number of anilines is 1. The van der Waals surface area contributed by atoms with Crippen molar-refractivity contribution in [2.75, 3.05) is 24.6 Å². The molecule has 1 N–H and O–H groups in total. The van der Waals surface area contributed by atoms with Crippen molar-refractivity contribution in [3.8, 4) is 11.5 Å². The summed E-state index contributed by atoms with van der Waals surface area (Å²) in [6.45, 7) is 7.14. The first-order valence-electron chi connectivity index (χ1n) is 13.6. The molecule has 9 nitrogen and oxygen atoms in total. The van der Waals surface area contributed by atoms with E-state index in [2.05, 4.69) is 5.32 Å². The fourth-order valence-corrected chi connectivity index (χ4v) is 5.89. The van der Waals surface area contributed by atoms with Crippen LogP contribution < -0.4 is 19.1 Å². The van der Waals surface area contributed by atoms with Gasteiger partial charge in [-0.1, -0.05) is 49.4 Å². The van der Waals surface area contributed by atoms with Gasteiger partial charge < -0.3 is 19.7 Å². The van der Waals surface area contributed by atoms with Gasteiger partial charge >= 0.3 is 0 Å². The monoisotopic (exact) mass is 581 g/mol. The molecule has 2 amide bonds. The maximum Gasteiger partial charge on any atom is 0.264 e. The topological polar surface area (TPSA) is 105 Å². The molecule has 3 rings (SSSR count). The lowest BCUT2D eigenvalue weighted by molar-refractivity contribution is -0.140. The van der Waals surface area contributed by atoms with E-state index in [1.807, 2.05) is 26.8 Å². The molecule has 0 saturated carbocycles. The molecule has 0 saturated heterocycles. The number of carbonyl (C=O) groups is 2. The van der Waals surface area contributed by atoms with Crippen LogP contribution in [0.2, 0.25) is 0 Å². The summed E-state index contributed by atoms with van der Waals surface area (Å²) >= 11 is 0. The van der Waals surface area contributed by atoms with Gasteiger partial charge in [0.25, 0.3) is 10.0 Å². The van der Waals surface area contributed by atoms with Crippen molar-refractivity contribution in [3.63, 3.8) is 0 Å². The number of methoxy groups -OCH3 is 1. The smallest absolute Gasteiger partial charge is 0.264 e. The Morgan fingerprint density at radius 2 is 1.61 bits per heavy atom. The molecule has 0 spiro atoms. The molecule has 0 aliphatic heterocycles. The Morgan fingerprint density at radius 1 is 0.927 bits per heavy atom. The minimum Gasteiger partial charge on any atom is -0.497 e. The molecule has 3 aromatic carbocycles. The Labute approximate surface area is 243 Å². The quantitative estimate of drug-likeness (QED) is 0.298. The molecular weight excluding hydrogens is 542 g/mol. The molecule has 3 aromatic rings. The molecule has 0 bridgehead atoms. The van der Waals surface area contributed by atoms with Gasteiger partial charge in [0.05, 0.1) is 24.3 Å².